The van der Waals surface area contributed by atoms with E-state index in [1.165, 1.54) is 6.42 Å². The fourth-order valence-corrected chi connectivity index (χ4v) is 5.03. The third-order valence-corrected chi connectivity index (χ3v) is 7.34. The first kappa shape index (κ1) is 25.1. The Morgan fingerprint density at radius 3 is 2.49 bits per heavy atom. The molecule has 2 fully saturated rings. The number of anilines is 1. The zero-order valence-electron chi connectivity index (χ0n) is 21.5. The second-order valence-corrected chi connectivity index (χ2v) is 9.64. The fraction of sp³-hybridized carbons (Fsp3) is 0.448. The normalized spacial score (nSPS) is 16.1. The summed E-state index contributed by atoms with van der Waals surface area (Å²) in [4.78, 5) is 12.4. The second-order valence-electron chi connectivity index (χ2n) is 9.64. The quantitative estimate of drug-likeness (QED) is 0.376. The number of urea groups is 1. The van der Waals surface area contributed by atoms with E-state index in [4.69, 9.17) is 14.2 Å². The molecule has 2 amide bonds. The number of nitriles is 1. The molecule has 1 aliphatic heterocycles. The summed E-state index contributed by atoms with van der Waals surface area (Å²) in [5.41, 5.74) is 4.22. The van der Waals surface area contributed by atoms with Gasteiger partial charge in [0.05, 0.1) is 30.0 Å². The Morgan fingerprint density at radius 1 is 1.14 bits per heavy atom. The predicted octanol–water partition coefficient (Wildman–Crippen LogP) is 5.97. The van der Waals surface area contributed by atoms with E-state index in [1.807, 2.05) is 42.5 Å². The van der Waals surface area contributed by atoms with Gasteiger partial charge in [-0.3, -0.25) is 0 Å². The SMILES string of the molecule is CCC(CC)NC(=O)Nc1ccc(-c2c(C#N)c3ccc(OCC4OCCO4)cc3n2C2CCC2)cc1. The number of ether oxygens (including phenoxy) is 3. The van der Waals surface area contributed by atoms with Crippen LogP contribution in [-0.2, 0) is 9.47 Å². The molecule has 2 N–H and O–H groups in total. The van der Waals surface area contributed by atoms with Gasteiger partial charge < -0.3 is 29.4 Å². The Balaban J connectivity index is 1.44. The third kappa shape index (κ3) is 5.29. The Morgan fingerprint density at radius 2 is 1.86 bits per heavy atom. The van der Waals surface area contributed by atoms with Crippen LogP contribution in [0.15, 0.2) is 42.5 Å². The van der Waals surface area contributed by atoms with Crippen molar-refractivity contribution in [1.29, 1.82) is 5.26 Å². The van der Waals surface area contributed by atoms with E-state index in [1.54, 1.807) is 0 Å². The van der Waals surface area contributed by atoms with E-state index in [0.717, 1.165) is 53.6 Å². The van der Waals surface area contributed by atoms with Crippen molar-refractivity contribution in [2.75, 3.05) is 25.1 Å². The Labute approximate surface area is 217 Å². The highest BCUT2D eigenvalue weighted by Crippen LogP contribution is 2.43. The monoisotopic (exact) mass is 502 g/mol. The van der Waals surface area contributed by atoms with Crippen LogP contribution in [0.3, 0.4) is 0 Å². The molecule has 1 aromatic heterocycles. The van der Waals surface area contributed by atoms with Crippen molar-refractivity contribution in [2.45, 2.75) is 64.3 Å². The molecule has 0 atom stereocenters. The number of fused-ring (bicyclic) bond motifs is 1. The minimum absolute atomic E-state index is 0.155. The van der Waals surface area contributed by atoms with E-state index in [2.05, 4.69) is 35.1 Å². The van der Waals surface area contributed by atoms with Gasteiger partial charge in [-0.25, -0.2) is 4.79 Å². The topological polar surface area (TPSA) is 97.5 Å². The molecule has 0 bridgehead atoms. The third-order valence-electron chi connectivity index (χ3n) is 7.34. The molecule has 2 aliphatic rings. The van der Waals surface area contributed by atoms with Crippen LogP contribution in [0.5, 0.6) is 5.75 Å². The minimum Gasteiger partial charge on any atom is -0.488 e. The largest absolute Gasteiger partial charge is 0.488 e. The van der Waals surface area contributed by atoms with Gasteiger partial charge in [0.15, 0.2) is 6.29 Å². The summed E-state index contributed by atoms with van der Waals surface area (Å²) >= 11 is 0. The highest BCUT2D eigenvalue weighted by atomic mass is 16.7. The summed E-state index contributed by atoms with van der Waals surface area (Å²) < 4.78 is 19.3. The molecule has 3 aromatic rings. The molecule has 1 saturated heterocycles. The number of carbonyl (C=O) groups excluding carboxylic acids is 1. The molecule has 2 heterocycles. The van der Waals surface area contributed by atoms with E-state index in [9.17, 15) is 10.1 Å². The number of benzene rings is 2. The number of carbonyl (C=O) groups is 1. The molecule has 5 rings (SSSR count). The molecule has 8 nitrogen and oxygen atoms in total. The number of hydrogen-bond acceptors (Lipinski definition) is 5. The molecule has 0 spiro atoms. The van der Waals surface area contributed by atoms with Gasteiger partial charge in [0.25, 0.3) is 0 Å². The van der Waals surface area contributed by atoms with Crippen molar-refractivity contribution in [3.8, 4) is 23.1 Å². The van der Waals surface area contributed by atoms with Crippen molar-refractivity contribution >= 4 is 22.6 Å². The summed E-state index contributed by atoms with van der Waals surface area (Å²) in [5, 5.41) is 17.0. The lowest BCUT2D eigenvalue weighted by molar-refractivity contribution is -0.0683. The van der Waals surface area contributed by atoms with Crippen molar-refractivity contribution < 1.29 is 19.0 Å². The zero-order valence-corrected chi connectivity index (χ0v) is 21.5. The lowest BCUT2D eigenvalue weighted by Gasteiger charge is -2.30. The van der Waals surface area contributed by atoms with Gasteiger partial charge in [0, 0.05) is 29.2 Å². The number of aromatic nitrogens is 1. The van der Waals surface area contributed by atoms with Crippen LogP contribution in [0.4, 0.5) is 10.5 Å². The van der Waals surface area contributed by atoms with E-state index < -0.39 is 0 Å². The summed E-state index contributed by atoms with van der Waals surface area (Å²) in [7, 11) is 0. The van der Waals surface area contributed by atoms with Crippen LogP contribution < -0.4 is 15.4 Å². The highest BCUT2D eigenvalue weighted by molar-refractivity contribution is 5.96. The summed E-state index contributed by atoms with van der Waals surface area (Å²) in [6, 6.07) is 16.4. The number of rotatable bonds is 9. The average molecular weight is 503 g/mol. The zero-order chi connectivity index (χ0) is 25.8. The minimum atomic E-state index is -0.344. The number of amides is 2. The van der Waals surface area contributed by atoms with Gasteiger partial charge in [0.2, 0.25) is 0 Å². The molecule has 37 heavy (non-hydrogen) atoms. The molecule has 8 heteroatoms. The predicted molar refractivity (Wildman–Crippen MR) is 143 cm³/mol. The first-order valence-electron chi connectivity index (χ1n) is 13.2. The van der Waals surface area contributed by atoms with Crippen LogP contribution in [0, 0.1) is 11.3 Å². The first-order chi connectivity index (χ1) is 18.1. The number of hydrogen-bond donors (Lipinski definition) is 2. The van der Waals surface area contributed by atoms with Crippen LogP contribution in [0.25, 0.3) is 22.2 Å². The van der Waals surface area contributed by atoms with Gasteiger partial charge in [-0.05, 0) is 61.9 Å². The van der Waals surface area contributed by atoms with Crippen LogP contribution >= 0.6 is 0 Å². The van der Waals surface area contributed by atoms with Crippen LogP contribution in [0.2, 0.25) is 0 Å². The van der Waals surface area contributed by atoms with E-state index in [-0.39, 0.29) is 18.4 Å². The standard InChI is InChI=1S/C29H34N4O4/c1-3-20(4-2)31-29(34)32-21-10-8-19(9-11-21)28-25(17-30)24-13-12-23(37-18-27-35-14-15-36-27)16-26(24)33(28)22-6-5-7-22/h8-13,16,20,22,27H,3-7,14-15,18H2,1-2H3,(H2,31,32,34). The maximum absolute atomic E-state index is 12.4. The van der Waals surface area contributed by atoms with Crippen LogP contribution in [0.1, 0.15) is 57.6 Å². The number of nitrogens with zero attached hydrogens (tertiary/aromatic N) is 2. The highest BCUT2D eigenvalue weighted by Gasteiger charge is 2.28. The molecule has 1 aliphatic carbocycles. The molecule has 194 valence electrons. The van der Waals surface area contributed by atoms with Gasteiger partial charge in [-0.2, -0.15) is 5.26 Å². The summed E-state index contributed by atoms with van der Waals surface area (Å²) in [6.07, 6.45) is 4.76. The molecule has 2 aromatic carbocycles. The molecular formula is C29H34N4O4. The van der Waals surface area contributed by atoms with E-state index in [0.29, 0.717) is 37.1 Å². The van der Waals surface area contributed by atoms with Crippen LogP contribution in [-0.4, -0.2) is 42.8 Å². The van der Waals surface area contributed by atoms with Crippen molar-refractivity contribution in [3.05, 3.63) is 48.0 Å². The molecule has 1 saturated carbocycles. The van der Waals surface area contributed by atoms with Gasteiger partial charge in [-0.1, -0.05) is 26.0 Å². The smallest absolute Gasteiger partial charge is 0.319 e. The summed E-state index contributed by atoms with van der Waals surface area (Å²) in [5.74, 6) is 0.726. The van der Waals surface area contributed by atoms with Crippen molar-refractivity contribution in [1.82, 2.24) is 9.88 Å². The maximum Gasteiger partial charge on any atom is 0.319 e. The fourth-order valence-electron chi connectivity index (χ4n) is 5.03. The Kier molecular flexibility index (Phi) is 7.63. The Bertz CT molecular complexity index is 1280. The van der Waals surface area contributed by atoms with E-state index >= 15 is 0 Å². The lowest BCUT2D eigenvalue weighted by atomic mass is 9.92. The van der Waals surface area contributed by atoms with Crippen molar-refractivity contribution in [3.63, 3.8) is 0 Å². The molecular weight excluding hydrogens is 468 g/mol. The average Bonchev–Trinajstić information content (AvgIpc) is 3.52. The lowest BCUT2D eigenvalue weighted by Crippen LogP contribution is -2.37. The van der Waals surface area contributed by atoms with Gasteiger partial charge in [-0.15, -0.1) is 0 Å². The molecule has 0 radical (unpaired) electrons. The Hall–Kier alpha value is -3.54. The number of nitrogens with one attached hydrogen (secondary N) is 2. The molecule has 0 unspecified atom stereocenters. The summed E-state index contributed by atoms with van der Waals surface area (Å²) in [6.45, 7) is 5.62. The maximum atomic E-state index is 12.4. The van der Waals surface area contributed by atoms with Gasteiger partial charge in [0.1, 0.15) is 18.4 Å². The first-order valence-corrected chi connectivity index (χ1v) is 13.2. The second kappa shape index (κ2) is 11.2. The van der Waals surface area contributed by atoms with Gasteiger partial charge >= 0.3 is 6.03 Å². The van der Waals surface area contributed by atoms with Crippen molar-refractivity contribution in [2.24, 2.45) is 0 Å².